The van der Waals surface area contributed by atoms with Crippen LogP contribution in [0, 0.1) is 5.82 Å². The molecule has 3 heteroatoms. The molecule has 0 spiro atoms. The zero-order chi connectivity index (χ0) is 16.3. The molecule has 0 amide bonds. The van der Waals surface area contributed by atoms with E-state index in [0.717, 1.165) is 17.5 Å². The number of hydrogen-bond donors (Lipinski definition) is 0. The highest BCUT2D eigenvalue weighted by molar-refractivity contribution is 5.69. The topological polar surface area (TPSA) is 26.3 Å². The maximum Gasteiger partial charge on any atom is 0.306 e. The predicted molar refractivity (Wildman–Crippen MR) is 83.9 cm³/mol. The standard InChI is InChI=1S/C18H27FO2/c1-17(2,3)14-12-13(10-11-15(14)19)8-7-9-16(20)21-18(4,5)6/h10-12H,7-9H2,1-6H3. The summed E-state index contributed by atoms with van der Waals surface area (Å²) in [5, 5.41) is 0. The zero-order valence-corrected chi connectivity index (χ0v) is 14.0. The fourth-order valence-electron chi connectivity index (χ4n) is 2.13. The van der Waals surface area contributed by atoms with E-state index in [1.807, 2.05) is 47.6 Å². The molecular weight excluding hydrogens is 267 g/mol. The summed E-state index contributed by atoms with van der Waals surface area (Å²) in [6.45, 7) is 11.6. The molecule has 118 valence electrons. The molecule has 0 saturated heterocycles. The van der Waals surface area contributed by atoms with Crippen LogP contribution in [-0.4, -0.2) is 11.6 Å². The van der Waals surface area contributed by atoms with Crippen LogP contribution in [0.15, 0.2) is 18.2 Å². The third kappa shape index (κ3) is 6.28. The summed E-state index contributed by atoms with van der Waals surface area (Å²) in [5.41, 5.74) is 1.12. The van der Waals surface area contributed by atoms with E-state index in [9.17, 15) is 9.18 Å². The SMILES string of the molecule is CC(C)(C)OC(=O)CCCc1ccc(F)c(C(C)(C)C)c1. The van der Waals surface area contributed by atoms with Crippen molar-refractivity contribution in [1.82, 2.24) is 0 Å². The van der Waals surface area contributed by atoms with Crippen molar-refractivity contribution in [2.45, 2.75) is 71.8 Å². The first-order valence-corrected chi connectivity index (χ1v) is 7.50. The highest BCUT2D eigenvalue weighted by Gasteiger charge is 2.19. The Morgan fingerprint density at radius 1 is 1.14 bits per heavy atom. The molecule has 1 rings (SSSR count). The van der Waals surface area contributed by atoms with Crippen LogP contribution < -0.4 is 0 Å². The van der Waals surface area contributed by atoms with Crippen molar-refractivity contribution in [2.24, 2.45) is 0 Å². The molecule has 0 heterocycles. The van der Waals surface area contributed by atoms with Crippen LogP contribution >= 0.6 is 0 Å². The number of hydrogen-bond acceptors (Lipinski definition) is 2. The van der Waals surface area contributed by atoms with Crippen LogP contribution in [0.4, 0.5) is 4.39 Å². The summed E-state index contributed by atoms with van der Waals surface area (Å²) >= 11 is 0. The van der Waals surface area contributed by atoms with Gasteiger partial charge in [-0.1, -0.05) is 32.9 Å². The molecule has 2 nitrogen and oxygen atoms in total. The lowest BCUT2D eigenvalue weighted by atomic mass is 9.85. The van der Waals surface area contributed by atoms with Crippen molar-refractivity contribution in [2.75, 3.05) is 0 Å². The van der Waals surface area contributed by atoms with Gasteiger partial charge in [-0.3, -0.25) is 4.79 Å². The molecule has 0 N–H and O–H groups in total. The lowest BCUT2D eigenvalue weighted by molar-refractivity contribution is -0.154. The molecule has 1 aromatic rings. The van der Waals surface area contributed by atoms with Crippen LogP contribution in [0.25, 0.3) is 0 Å². The van der Waals surface area contributed by atoms with Crippen LogP contribution in [0.5, 0.6) is 0 Å². The Morgan fingerprint density at radius 3 is 2.29 bits per heavy atom. The molecule has 21 heavy (non-hydrogen) atoms. The Bertz CT molecular complexity index is 493. The number of benzene rings is 1. The fraction of sp³-hybridized carbons (Fsp3) is 0.611. The molecular formula is C18H27FO2. The van der Waals surface area contributed by atoms with Gasteiger partial charge in [-0.25, -0.2) is 4.39 Å². The second kappa shape index (κ2) is 6.59. The van der Waals surface area contributed by atoms with Gasteiger partial charge in [-0.05, 0) is 56.2 Å². The first-order valence-electron chi connectivity index (χ1n) is 7.50. The number of esters is 1. The third-order valence-corrected chi connectivity index (χ3v) is 3.11. The molecule has 0 unspecified atom stereocenters. The normalized spacial score (nSPS) is 12.3. The van der Waals surface area contributed by atoms with Crippen molar-refractivity contribution in [3.63, 3.8) is 0 Å². The van der Waals surface area contributed by atoms with E-state index < -0.39 is 5.60 Å². The Balaban J connectivity index is 2.59. The van der Waals surface area contributed by atoms with Crippen LogP contribution in [-0.2, 0) is 21.4 Å². The molecule has 0 aliphatic heterocycles. The minimum atomic E-state index is -0.438. The van der Waals surface area contributed by atoms with Gasteiger partial charge < -0.3 is 4.74 Å². The Labute approximate surface area is 127 Å². The number of aryl methyl sites for hydroxylation is 1. The second-order valence-corrected chi connectivity index (χ2v) is 7.50. The molecule has 0 bridgehead atoms. The highest BCUT2D eigenvalue weighted by Crippen LogP contribution is 2.26. The summed E-state index contributed by atoms with van der Waals surface area (Å²) < 4.78 is 19.1. The summed E-state index contributed by atoms with van der Waals surface area (Å²) in [6, 6.07) is 5.22. The zero-order valence-electron chi connectivity index (χ0n) is 14.0. The average Bonchev–Trinajstić information content (AvgIpc) is 2.27. The molecule has 0 aliphatic carbocycles. The molecule has 0 radical (unpaired) electrons. The molecule has 1 aromatic carbocycles. The van der Waals surface area contributed by atoms with Gasteiger partial charge in [0.05, 0.1) is 0 Å². The molecule has 0 fully saturated rings. The molecule has 0 atom stereocenters. The third-order valence-electron chi connectivity index (χ3n) is 3.11. The van der Waals surface area contributed by atoms with Gasteiger partial charge in [0.2, 0.25) is 0 Å². The van der Waals surface area contributed by atoms with Gasteiger partial charge in [-0.15, -0.1) is 0 Å². The van der Waals surface area contributed by atoms with Crippen molar-refractivity contribution in [3.05, 3.63) is 35.1 Å². The maximum atomic E-state index is 13.8. The summed E-state index contributed by atoms with van der Waals surface area (Å²) in [6.07, 6.45) is 1.85. The fourth-order valence-corrected chi connectivity index (χ4v) is 2.13. The van der Waals surface area contributed by atoms with Crippen molar-refractivity contribution >= 4 is 5.97 Å². The minimum Gasteiger partial charge on any atom is -0.460 e. The summed E-state index contributed by atoms with van der Waals surface area (Å²) in [5.74, 6) is -0.348. The highest BCUT2D eigenvalue weighted by atomic mass is 19.1. The van der Waals surface area contributed by atoms with E-state index in [1.54, 1.807) is 6.07 Å². The largest absolute Gasteiger partial charge is 0.460 e. The monoisotopic (exact) mass is 294 g/mol. The van der Waals surface area contributed by atoms with Gasteiger partial charge >= 0.3 is 5.97 Å². The first-order chi connectivity index (χ1) is 9.49. The lowest BCUT2D eigenvalue weighted by Crippen LogP contribution is -2.23. The smallest absolute Gasteiger partial charge is 0.306 e. The van der Waals surface area contributed by atoms with E-state index in [2.05, 4.69) is 0 Å². The number of halogens is 1. The number of carbonyl (C=O) groups excluding carboxylic acids is 1. The number of carbonyl (C=O) groups is 1. The maximum absolute atomic E-state index is 13.8. The van der Waals surface area contributed by atoms with Gasteiger partial charge in [0, 0.05) is 6.42 Å². The van der Waals surface area contributed by atoms with Crippen LogP contribution in [0.1, 0.15) is 65.5 Å². The van der Waals surface area contributed by atoms with Gasteiger partial charge in [0.1, 0.15) is 11.4 Å². The second-order valence-electron chi connectivity index (χ2n) is 7.50. The number of ether oxygens (including phenoxy) is 1. The van der Waals surface area contributed by atoms with Crippen molar-refractivity contribution in [3.8, 4) is 0 Å². The summed E-state index contributed by atoms with van der Waals surface area (Å²) in [7, 11) is 0. The quantitative estimate of drug-likeness (QED) is 0.746. The van der Waals surface area contributed by atoms with Gasteiger partial charge in [-0.2, -0.15) is 0 Å². The Hall–Kier alpha value is -1.38. The first kappa shape index (κ1) is 17.7. The van der Waals surface area contributed by atoms with E-state index in [0.29, 0.717) is 12.8 Å². The number of rotatable bonds is 4. The minimum absolute atomic E-state index is 0.168. The van der Waals surface area contributed by atoms with E-state index >= 15 is 0 Å². The average molecular weight is 294 g/mol. The predicted octanol–water partition coefficient (Wildman–Crippen LogP) is 4.79. The Morgan fingerprint density at radius 2 is 1.76 bits per heavy atom. The van der Waals surface area contributed by atoms with Crippen molar-refractivity contribution in [1.29, 1.82) is 0 Å². The van der Waals surface area contributed by atoms with Crippen molar-refractivity contribution < 1.29 is 13.9 Å². The van der Waals surface area contributed by atoms with E-state index in [1.165, 1.54) is 6.07 Å². The van der Waals surface area contributed by atoms with Gasteiger partial charge in [0.15, 0.2) is 0 Å². The molecule has 0 saturated carbocycles. The van der Waals surface area contributed by atoms with Crippen LogP contribution in [0.3, 0.4) is 0 Å². The molecule has 0 aromatic heterocycles. The molecule has 0 aliphatic rings. The summed E-state index contributed by atoms with van der Waals surface area (Å²) in [4.78, 5) is 11.6. The lowest BCUT2D eigenvalue weighted by Gasteiger charge is -2.21. The van der Waals surface area contributed by atoms with E-state index in [-0.39, 0.29) is 17.2 Å². The Kier molecular flexibility index (Phi) is 5.54. The van der Waals surface area contributed by atoms with Crippen LogP contribution in [0.2, 0.25) is 0 Å². The van der Waals surface area contributed by atoms with E-state index in [4.69, 9.17) is 4.74 Å². The van der Waals surface area contributed by atoms with Gasteiger partial charge in [0.25, 0.3) is 0 Å².